The van der Waals surface area contributed by atoms with Crippen molar-refractivity contribution in [1.29, 1.82) is 0 Å². The van der Waals surface area contributed by atoms with Crippen LogP contribution in [0.3, 0.4) is 0 Å². The number of aliphatic carboxylic acids is 2. The average Bonchev–Trinajstić information content (AvgIpc) is 2.76. The molecule has 0 saturated carbocycles. The van der Waals surface area contributed by atoms with Crippen LogP contribution in [0.15, 0.2) is 0 Å². The number of carboxylic acids is 2. The van der Waals surface area contributed by atoms with E-state index in [4.69, 9.17) is 14.9 Å². The maximum Gasteiger partial charge on any atom is 1.00 e. The van der Waals surface area contributed by atoms with E-state index in [9.17, 15) is 14.4 Å². The van der Waals surface area contributed by atoms with Gasteiger partial charge in [0.2, 0.25) is 5.91 Å². The molecule has 0 heterocycles. The van der Waals surface area contributed by atoms with Crippen LogP contribution in [0.2, 0.25) is 0 Å². The Bertz CT molecular complexity index is 550. The minimum absolute atomic E-state index is 0. The summed E-state index contributed by atoms with van der Waals surface area (Å²) in [4.78, 5) is 35.0. The molecule has 0 bridgehead atoms. The molecule has 0 aliphatic rings. The molecule has 0 rings (SSSR count). The van der Waals surface area contributed by atoms with Crippen molar-refractivity contribution in [3.8, 4) is 0 Å². The van der Waals surface area contributed by atoms with E-state index in [0.29, 0.717) is 26.1 Å². The maximum absolute atomic E-state index is 12.0. The topological polar surface area (TPSA) is 116 Å². The fraction of sp³-hybridized carbons (Fsp3) is 0.885. The Morgan fingerprint density at radius 3 is 1.75 bits per heavy atom. The second kappa shape index (κ2) is 29.9. The summed E-state index contributed by atoms with van der Waals surface area (Å²) in [5.74, 6) is -1.20. The Morgan fingerprint density at radius 1 is 0.778 bits per heavy atom. The van der Waals surface area contributed by atoms with Gasteiger partial charge >= 0.3 is 71.1 Å². The van der Waals surface area contributed by atoms with Crippen LogP contribution in [0.1, 0.15) is 107 Å². The molecule has 0 unspecified atom stereocenters. The Balaban J connectivity index is -0.000000907. The van der Waals surface area contributed by atoms with Gasteiger partial charge in [-0.15, -0.1) is 0 Å². The second-order valence-electron chi connectivity index (χ2n) is 9.64. The molecule has 0 fully saturated rings. The number of carboxylic acid groups (broad SMARTS) is 2. The predicted octanol–water partition coefficient (Wildman–Crippen LogP) is -1.06. The van der Waals surface area contributed by atoms with Gasteiger partial charge in [-0.3, -0.25) is 14.5 Å². The molecular formula is C26H52N2Na2O6. The standard InChI is InChI=1S/C26H50N2O6.2Na.2H/c1-23(2)15-13-11-9-7-5-3-4-6-8-10-12-14-16-24(29)27-17-18-28(21-25(30)31)19-20-34-22-26(32)33;;;;/h23H,3-22H2,1-2H3,(H,27,29)(H,30,31)(H,32,33);;;;/q;2*+1;2*-1. The van der Waals surface area contributed by atoms with Crippen molar-refractivity contribution in [2.24, 2.45) is 5.92 Å². The molecule has 0 aromatic carbocycles. The Hall–Kier alpha value is 0.330. The van der Waals surface area contributed by atoms with Crippen LogP contribution < -0.4 is 64.4 Å². The zero-order valence-electron chi connectivity index (χ0n) is 25.7. The van der Waals surface area contributed by atoms with E-state index in [1.165, 1.54) is 70.6 Å². The summed E-state index contributed by atoms with van der Waals surface area (Å²) in [6.45, 7) is 5.18. The molecule has 0 aliphatic heterocycles. The van der Waals surface area contributed by atoms with Crippen molar-refractivity contribution >= 4 is 17.8 Å². The van der Waals surface area contributed by atoms with Gasteiger partial charge in [0.15, 0.2) is 0 Å². The average molecular weight is 535 g/mol. The van der Waals surface area contributed by atoms with E-state index in [-0.39, 0.29) is 81.0 Å². The molecular weight excluding hydrogens is 482 g/mol. The van der Waals surface area contributed by atoms with Crippen LogP contribution in [0.5, 0.6) is 0 Å². The smallest absolute Gasteiger partial charge is 1.00 e. The maximum atomic E-state index is 12.0. The van der Waals surface area contributed by atoms with E-state index in [1.807, 2.05) is 0 Å². The van der Waals surface area contributed by atoms with E-state index in [0.717, 1.165) is 18.8 Å². The van der Waals surface area contributed by atoms with Crippen LogP contribution in [-0.2, 0) is 19.1 Å². The number of hydrogen-bond donors (Lipinski definition) is 3. The van der Waals surface area contributed by atoms with E-state index in [2.05, 4.69) is 19.2 Å². The third-order valence-electron chi connectivity index (χ3n) is 5.82. The Kier molecular flexibility index (Phi) is 33.9. The molecule has 204 valence electrons. The molecule has 3 N–H and O–H groups in total. The molecule has 0 aromatic heterocycles. The van der Waals surface area contributed by atoms with E-state index < -0.39 is 18.5 Å². The van der Waals surface area contributed by atoms with Crippen molar-refractivity contribution in [3.05, 3.63) is 0 Å². The third kappa shape index (κ3) is 32.4. The summed E-state index contributed by atoms with van der Waals surface area (Å²) in [5, 5.41) is 20.4. The summed E-state index contributed by atoms with van der Waals surface area (Å²) >= 11 is 0. The number of rotatable bonds is 25. The first kappa shape index (κ1) is 40.8. The minimum atomic E-state index is -1.06. The zero-order valence-corrected chi connectivity index (χ0v) is 27.7. The van der Waals surface area contributed by atoms with Gasteiger partial charge in [-0.25, -0.2) is 4.79 Å². The van der Waals surface area contributed by atoms with Gasteiger partial charge in [0, 0.05) is 26.1 Å². The van der Waals surface area contributed by atoms with Crippen molar-refractivity contribution in [2.75, 3.05) is 39.4 Å². The molecule has 1 amide bonds. The van der Waals surface area contributed by atoms with E-state index >= 15 is 0 Å². The number of unbranched alkanes of at least 4 members (excludes halogenated alkanes) is 11. The van der Waals surface area contributed by atoms with Gasteiger partial charge in [0.05, 0.1) is 13.2 Å². The number of nitrogens with one attached hydrogen (secondary N) is 1. The van der Waals surface area contributed by atoms with Crippen molar-refractivity contribution < 1.29 is 91.3 Å². The van der Waals surface area contributed by atoms with Gasteiger partial charge in [0.25, 0.3) is 0 Å². The first-order chi connectivity index (χ1) is 16.3. The largest absolute Gasteiger partial charge is 1.00 e. The van der Waals surface area contributed by atoms with Crippen LogP contribution in [0.25, 0.3) is 0 Å². The fourth-order valence-electron chi connectivity index (χ4n) is 3.86. The molecule has 36 heavy (non-hydrogen) atoms. The van der Waals surface area contributed by atoms with Crippen molar-refractivity contribution in [2.45, 2.75) is 104 Å². The van der Waals surface area contributed by atoms with Crippen molar-refractivity contribution in [1.82, 2.24) is 10.2 Å². The van der Waals surface area contributed by atoms with Gasteiger partial charge in [-0.2, -0.15) is 0 Å². The summed E-state index contributed by atoms with van der Waals surface area (Å²) in [6, 6.07) is 0. The minimum Gasteiger partial charge on any atom is -1.00 e. The van der Waals surface area contributed by atoms with Gasteiger partial charge in [-0.1, -0.05) is 90.9 Å². The Labute approximate surface area is 266 Å². The first-order valence-corrected chi connectivity index (χ1v) is 13.3. The summed E-state index contributed by atoms with van der Waals surface area (Å²) in [6.07, 6.45) is 17.1. The van der Waals surface area contributed by atoms with E-state index in [1.54, 1.807) is 4.90 Å². The van der Waals surface area contributed by atoms with Gasteiger partial charge in [-0.05, 0) is 12.3 Å². The molecule has 0 saturated heterocycles. The molecule has 0 aromatic rings. The van der Waals surface area contributed by atoms with Crippen LogP contribution in [0, 0.1) is 5.92 Å². The quantitative estimate of drug-likeness (QED) is 0.101. The number of nitrogens with zero attached hydrogens (tertiary/aromatic N) is 1. The second-order valence-corrected chi connectivity index (χ2v) is 9.64. The van der Waals surface area contributed by atoms with Crippen LogP contribution in [-0.4, -0.2) is 72.4 Å². The van der Waals surface area contributed by atoms with Gasteiger partial charge < -0.3 is 23.1 Å². The monoisotopic (exact) mass is 534 g/mol. The number of amides is 1. The summed E-state index contributed by atoms with van der Waals surface area (Å²) in [5.41, 5.74) is 0. The van der Waals surface area contributed by atoms with Gasteiger partial charge in [0.1, 0.15) is 6.61 Å². The molecule has 0 atom stereocenters. The SMILES string of the molecule is CC(C)CCCCCCCCCCCCCCC(=O)NCCN(CCOCC(=O)O)CC(=O)O.[H-].[H-].[Na+].[Na+]. The Morgan fingerprint density at radius 2 is 1.28 bits per heavy atom. The summed E-state index contributed by atoms with van der Waals surface area (Å²) in [7, 11) is 0. The number of ether oxygens (including phenoxy) is 1. The first-order valence-electron chi connectivity index (χ1n) is 13.3. The normalized spacial score (nSPS) is 10.7. The predicted molar refractivity (Wildman–Crippen MR) is 137 cm³/mol. The molecule has 8 nitrogen and oxygen atoms in total. The third-order valence-corrected chi connectivity index (χ3v) is 5.82. The van der Waals surface area contributed by atoms with Crippen LogP contribution >= 0.6 is 0 Å². The number of carbonyl (C=O) groups excluding carboxylic acids is 1. The fourth-order valence-corrected chi connectivity index (χ4v) is 3.86. The summed E-state index contributed by atoms with van der Waals surface area (Å²) < 4.78 is 4.95. The zero-order chi connectivity index (χ0) is 25.4. The van der Waals surface area contributed by atoms with Crippen LogP contribution in [0.4, 0.5) is 0 Å². The molecule has 0 spiro atoms. The molecule has 0 aliphatic carbocycles. The molecule has 0 radical (unpaired) electrons. The molecule has 10 heteroatoms. The number of carbonyl (C=O) groups is 3. The van der Waals surface area contributed by atoms with Crippen molar-refractivity contribution in [3.63, 3.8) is 0 Å². The number of hydrogen-bond acceptors (Lipinski definition) is 5.